The predicted octanol–water partition coefficient (Wildman–Crippen LogP) is 2.37. The van der Waals surface area contributed by atoms with Crippen LogP contribution < -0.4 is 10.6 Å². The van der Waals surface area contributed by atoms with E-state index in [4.69, 9.17) is 4.42 Å². The maximum Gasteiger partial charge on any atom is 0.220 e. The Bertz CT molecular complexity index is 456. The minimum atomic E-state index is -0.0513. The molecule has 1 aliphatic heterocycles. The number of nitrogens with zero attached hydrogens (tertiary/aromatic N) is 1. The summed E-state index contributed by atoms with van der Waals surface area (Å²) < 4.78 is 5.66. The normalized spacial score (nSPS) is 16.9. The Hall–Kier alpha value is -1.36. The number of aromatic nitrogens is 1. The smallest absolute Gasteiger partial charge is 0.220 e. The van der Waals surface area contributed by atoms with Gasteiger partial charge in [-0.2, -0.15) is 0 Å². The van der Waals surface area contributed by atoms with Crippen LogP contribution in [0.3, 0.4) is 0 Å². The van der Waals surface area contributed by atoms with Crippen molar-refractivity contribution in [3.63, 3.8) is 0 Å². The summed E-state index contributed by atoms with van der Waals surface area (Å²) in [4.78, 5) is 16.1. The molecule has 1 aliphatic rings. The first-order valence-corrected chi connectivity index (χ1v) is 7.88. The lowest BCUT2D eigenvalue weighted by molar-refractivity contribution is -0.121. The van der Waals surface area contributed by atoms with E-state index in [0.29, 0.717) is 24.8 Å². The number of hydrogen-bond acceptors (Lipinski definition) is 4. The lowest BCUT2D eigenvalue weighted by atomic mass is 9.93. The number of hydrogen-bond donors (Lipinski definition) is 2. The van der Waals surface area contributed by atoms with Crippen molar-refractivity contribution in [2.45, 2.75) is 58.4 Å². The summed E-state index contributed by atoms with van der Waals surface area (Å²) in [6, 6.07) is 0. The number of amides is 1. The number of carbonyl (C=O) groups is 1. The molecule has 118 valence electrons. The fourth-order valence-electron chi connectivity index (χ4n) is 2.51. The number of piperidine rings is 1. The van der Waals surface area contributed by atoms with Crippen molar-refractivity contribution < 1.29 is 9.21 Å². The molecule has 0 aromatic carbocycles. The molecule has 0 unspecified atom stereocenters. The van der Waals surface area contributed by atoms with Crippen LogP contribution in [0.5, 0.6) is 0 Å². The molecule has 0 bridgehead atoms. The molecule has 1 fully saturated rings. The molecule has 0 radical (unpaired) electrons. The molecule has 2 heterocycles. The molecule has 2 N–H and O–H groups in total. The molecule has 1 amide bonds. The van der Waals surface area contributed by atoms with Crippen molar-refractivity contribution in [3.05, 3.63) is 17.8 Å². The molecule has 1 saturated heterocycles. The standard InChI is InChI=1S/C16H27N3O2/c1-16(2,3)13-10-19-15(21-13)11-18-14(20)5-4-12-6-8-17-9-7-12/h10,12,17H,4-9,11H2,1-3H3,(H,18,20). The van der Waals surface area contributed by atoms with Crippen LogP contribution in [0.15, 0.2) is 10.6 Å². The minimum Gasteiger partial charge on any atom is -0.443 e. The predicted molar refractivity (Wildman–Crippen MR) is 81.9 cm³/mol. The van der Waals surface area contributed by atoms with Gasteiger partial charge in [0.15, 0.2) is 0 Å². The second kappa shape index (κ2) is 7.07. The van der Waals surface area contributed by atoms with Gasteiger partial charge in [0.2, 0.25) is 11.8 Å². The Morgan fingerprint density at radius 2 is 2.14 bits per heavy atom. The van der Waals surface area contributed by atoms with Crippen molar-refractivity contribution >= 4 is 5.91 Å². The number of oxazole rings is 1. The van der Waals surface area contributed by atoms with E-state index >= 15 is 0 Å². The molecular formula is C16H27N3O2. The molecule has 5 heteroatoms. The highest BCUT2D eigenvalue weighted by molar-refractivity contribution is 5.75. The zero-order valence-electron chi connectivity index (χ0n) is 13.4. The lowest BCUT2D eigenvalue weighted by Crippen LogP contribution is -2.29. The quantitative estimate of drug-likeness (QED) is 0.874. The zero-order valence-corrected chi connectivity index (χ0v) is 13.4. The third-order valence-corrected chi connectivity index (χ3v) is 3.97. The third-order valence-electron chi connectivity index (χ3n) is 3.97. The fourth-order valence-corrected chi connectivity index (χ4v) is 2.51. The van der Waals surface area contributed by atoms with E-state index in [2.05, 4.69) is 36.4 Å². The number of carbonyl (C=O) groups excluding carboxylic acids is 1. The van der Waals surface area contributed by atoms with Gasteiger partial charge in [-0.15, -0.1) is 0 Å². The van der Waals surface area contributed by atoms with E-state index < -0.39 is 0 Å². The van der Waals surface area contributed by atoms with Gasteiger partial charge in [0, 0.05) is 11.8 Å². The Balaban J connectivity index is 1.70. The van der Waals surface area contributed by atoms with E-state index in [0.717, 1.165) is 25.3 Å². The van der Waals surface area contributed by atoms with Crippen LogP contribution in [-0.2, 0) is 16.8 Å². The molecule has 1 aromatic rings. The van der Waals surface area contributed by atoms with Gasteiger partial charge in [-0.25, -0.2) is 4.98 Å². The first-order valence-electron chi connectivity index (χ1n) is 7.88. The van der Waals surface area contributed by atoms with Crippen LogP contribution in [0.1, 0.15) is 58.1 Å². The Morgan fingerprint density at radius 3 is 2.76 bits per heavy atom. The summed E-state index contributed by atoms with van der Waals surface area (Å²) in [6.07, 6.45) is 5.68. The average molecular weight is 293 g/mol. The van der Waals surface area contributed by atoms with Crippen LogP contribution in [0.2, 0.25) is 0 Å². The van der Waals surface area contributed by atoms with Crippen molar-refractivity contribution in [1.82, 2.24) is 15.6 Å². The van der Waals surface area contributed by atoms with Gasteiger partial charge in [-0.05, 0) is 38.3 Å². The Kier molecular flexibility index (Phi) is 5.39. The molecular weight excluding hydrogens is 266 g/mol. The first-order chi connectivity index (χ1) is 9.95. The van der Waals surface area contributed by atoms with Crippen molar-refractivity contribution in [1.29, 1.82) is 0 Å². The highest BCUT2D eigenvalue weighted by Gasteiger charge is 2.19. The SMILES string of the molecule is CC(C)(C)c1cnc(CNC(=O)CCC2CCNCC2)o1. The van der Waals surface area contributed by atoms with Crippen LogP contribution in [-0.4, -0.2) is 24.0 Å². The van der Waals surface area contributed by atoms with Gasteiger partial charge in [0.05, 0.1) is 12.7 Å². The zero-order chi connectivity index (χ0) is 15.3. The summed E-state index contributed by atoms with van der Waals surface area (Å²) in [7, 11) is 0. The van der Waals surface area contributed by atoms with Crippen molar-refractivity contribution in [2.75, 3.05) is 13.1 Å². The summed E-state index contributed by atoms with van der Waals surface area (Å²) in [5.41, 5.74) is -0.0513. The highest BCUT2D eigenvalue weighted by Crippen LogP contribution is 2.22. The monoisotopic (exact) mass is 293 g/mol. The second-order valence-electron chi connectivity index (χ2n) is 6.88. The number of rotatable bonds is 5. The third kappa shape index (κ3) is 5.16. The van der Waals surface area contributed by atoms with E-state index in [-0.39, 0.29) is 11.3 Å². The maximum atomic E-state index is 11.9. The highest BCUT2D eigenvalue weighted by atomic mass is 16.4. The Labute approximate surface area is 126 Å². The van der Waals surface area contributed by atoms with Gasteiger partial charge >= 0.3 is 0 Å². The molecule has 0 saturated carbocycles. The van der Waals surface area contributed by atoms with E-state index in [9.17, 15) is 4.79 Å². The van der Waals surface area contributed by atoms with Gasteiger partial charge in [-0.3, -0.25) is 4.79 Å². The molecule has 0 atom stereocenters. The van der Waals surface area contributed by atoms with Gasteiger partial charge < -0.3 is 15.1 Å². The van der Waals surface area contributed by atoms with Crippen molar-refractivity contribution in [2.24, 2.45) is 5.92 Å². The molecule has 2 rings (SSSR count). The molecule has 0 spiro atoms. The molecule has 0 aliphatic carbocycles. The van der Waals surface area contributed by atoms with Crippen LogP contribution >= 0.6 is 0 Å². The average Bonchev–Trinajstić information content (AvgIpc) is 2.93. The van der Waals surface area contributed by atoms with Gasteiger partial charge in [-0.1, -0.05) is 20.8 Å². The topological polar surface area (TPSA) is 67.2 Å². The Morgan fingerprint density at radius 1 is 1.43 bits per heavy atom. The van der Waals surface area contributed by atoms with Crippen LogP contribution in [0.4, 0.5) is 0 Å². The largest absolute Gasteiger partial charge is 0.443 e. The maximum absolute atomic E-state index is 11.9. The van der Waals surface area contributed by atoms with Crippen LogP contribution in [0.25, 0.3) is 0 Å². The number of nitrogens with one attached hydrogen (secondary N) is 2. The van der Waals surface area contributed by atoms with E-state index in [1.807, 2.05) is 0 Å². The second-order valence-corrected chi connectivity index (χ2v) is 6.88. The van der Waals surface area contributed by atoms with Gasteiger partial charge in [0.25, 0.3) is 0 Å². The summed E-state index contributed by atoms with van der Waals surface area (Å²) in [6.45, 7) is 8.77. The molecule has 5 nitrogen and oxygen atoms in total. The van der Waals surface area contributed by atoms with Crippen LogP contribution in [0, 0.1) is 5.92 Å². The minimum absolute atomic E-state index is 0.0513. The molecule has 1 aromatic heterocycles. The summed E-state index contributed by atoms with van der Waals surface area (Å²) >= 11 is 0. The molecule has 21 heavy (non-hydrogen) atoms. The first kappa shape index (κ1) is 16.0. The van der Waals surface area contributed by atoms with Crippen molar-refractivity contribution in [3.8, 4) is 0 Å². The summed E-state index contributed by atoms with van der Waals surface area (Å²) in [5.74, 6) is 2.20. The summed E-state index contributed by atoms with van der Waals surface area (Å²) in [5, 5.41) is 6.23. The van der Waals surface area contributed by atoms with E-state index in [1.54, 1.807) is 6.20 Å². The fraction of sp³-hybridized carbons (Fsp3) is 0.750. The van der Waals surface area contributed by atoms with E-state index in [1.165, 1.54) is 12.8 Å². The van der Waals surface area contributed by atoms with Gasteiger partial charge in [0.1, 0.15) is 5.76 Å². The lowest BCUT2D eigenvalue weighted by Gasteiger charge is -2.22.